The fourth-order valence-corrected chi connectivity index (χ4v) is 0. The number of nitrogens with zero attached hydrogens (tertiary/aromatic N) is 1. The van der Waals surface area contributed by atoms with Crippen LogP contribution in [0.4, 0.5) is 0 Å². The van der Waals surface area contributed by atoms with Crippen molar-refractivity contribution in [3.05, 3.63) is 6.92 Å². The predicted molar refractivity (Wildman–Crippen MR) is 19.9 cm³/mol. The van der Waals surface area contributed by atoms with E-state index in [0.29, 0.717) is 0 Å². The van der Waals surface area contributed by atoms with E-state index in [1.807, 2.05) is 0 Å². The molecular weight excluding hydrogens is 66.0 g/mol. The molecule has 0 saturated carbocycles. The van der Waals surface area contributed by atoms with Crippen LogP contribution < -0.4 is 0 Å². The minimum Gasteiger partial charge on any atom is -0.273 e. The van der Waals surface area contributed by atoms with E-state index in [4.69, 9.17) is 0 Å². The van der Waals surface area contributed by atoms with E-state index in [1.54, 1.807) is 0 Å². The zero-order valence-electron chi connectivity index (χ0n) is 2.77. The molecule has 5 heavy (non-hydrogen) atoms. The number of aliphatic imine (C=N–C) groups is 1. The van der Waals surface area contributed by atoms with Crippen LogP contribution in [0.2, 0.25) is 0 Å². The first-order valence-corrected chi connectivity index (χ1v) is 1.10. The fourth-order valence-electron chi connectivity index (χ4n) is 0. The first-order chi connectivity index (χ1) is 2.27. The largest absolute Gasteiger partial charge is 0.273 e. The molecule has 0 aliphatic carbocycles. The second-order valence-corrected chi connectivity index (χ2v) is 0.552. The van der Waals surface area contributed by atoms with Gasteiger partial charge in [0.2, 0.25) is 5.91 Å². The number of carbonyl (C=O) groups excluding carboxylic acids is 1. The Kier molecular flexibility index (Phi) is 1.42. The smallest absolute Gasteiger partial charge is 0.245 e. The van der Waals surface area contributed by atoms with Crippen molar-refractivity contribution in [2.45, 2.75) is 0 Å². The Morgan fingerprint density at radius 1 is 1.80 bits per heavy atom. The van der Waals surface area contributed by atoms with Gasteiger partial charge in [-0.15, -0.1) is 0 Å². The molecule has 0 N–H and O–H groups in total. The highest BCUT2D eigenvalue weighted by atomic mass is 16.1. The summed E-state index contributed by atoms with van der Waals surface area (Å²) in [6.45, 7) is 5.79. The standard InChI is InChI=1S/C3H4NO/c1-3(5)4-2/h1-2H2. The summed E-state index contributed by atoms with van der Waals surface area (Å²) in [5.74, 6) is -0.481. The molecule has 27 valence electrons. The first-order valence-electron chi connectivity index (χ1n) is 1.10. The summed E-state index contributed by atoms with van der Waals surface area (Å²) in [5.41, 5.74) is 0. The fraction of sp³-hybridized carbons (Fsp3) is 0. The van der Waals surface area contributed by atoms with Crippen LogP contribution in [-0.4, -0.2) is 12.6 Å². The van der Waals surface area contributed by atoms with Crippen LogP contribution in [0.5, 0.6) is 0 Å². The lowest BCUT2D eigenvalue weighted by Gasteiger charge is -1.63. The highest BCUT2D eigenvalue weighted by Gasteiger charge is 1.71. The molecule has 0 heterocycles. The molecule has 0 unspecified atom stereocenters. The number of amides is 1. The van der Waals surface area contributed by atoms with Gasteiger partial charge in [0.1, 0.15) is 0 Å². The van der Waals surface area contributed by atoms with Crippen molar-refractivity contribution in [1.29, 1.82) is 0 Å². The van der Waals surface area contributed by atoms with E-state index in [-0.39, 0.29) is 0 Å². The molecular formula is C3H4NO. The Labute approximate surface area is 30.5 Å². The SMILES string of the molecule is [CH2]C(=O)N=C. The van der Waals surface area contributed by atoms with Crippen molar-refractivity contribution < 1.29 is 4.79 Å². The molecule has 0 saturated heterocycles. The zero-order valence-corrected chi connectivity index (χ0v) is 2.77. The van der Waals surface area contributed by atoms with E-state index in [9.17, 15) is 4.79 Å². The molecule has 0 aromatic rings. The molecule has 2 heteroatoms. The summed E-state index contributed by atoms with van der Waals surface area (Å²) in [7, 11) is 0. The highest BCUT2D eigenvalue weighted by molar-refractivity contribution is 5.84. The Bertz CT molecular complexity index is 57.9. The van der Waals surface area contributed by atoms with E-state index >= 15 is 0 Å². The summed E-state index contributed by atoms with van der Waals surface area (Å²) < 4.78 is 0. The normalized spacial score (nSPS) is 6.60. The average molecular weight is 70.1 g/mol. The lowest BCUT2D eigenvalue weighted by Crippen LogP contribution is -1.76. The third kappa shape index (κ3) is 3.34. The third-order valence-corrected chi connectivity index (χ3v) is 0.176. The van der Waals surface area contributed by atoms with Gasteiger partial charge in [0.25, 0.3) is 0 Å². The van der Waals surface area contributed by atoms with Gasteiger partial charge in [-0.1, -0.05) is 0 Å². The van der Waals surface area contributed by atoms with E-state index in [2.05, 4.69) is 18.6 Å². The number of carbonyl (C=O) groups is 1. The van der Waals surface area contributed by atoms with Crippen molar-refractivity contribution in [2.24, 2.45) is 4.99 Å². The maximum absolute atomic E-state index is 9.47. The van der Waals surface area contributed by atoms with Crippen LogP contribution in [-0.2, 0) is 4.79 Å². The summed E-state index contributed by atoms with van der Waals surface area (Å²) >= 11 is 0. The summed E-state index contributed by atoms with van der Waals surface area (Å²) in [4.78, 5) is 12.4. The Morgan fingerprint density at radius 3 is 2.00 bits per heavy atom. The van der Waals surface area contributed by atoms with Crippen LogP contribution in [0.15, 0.2) is 4.99 Å². The van der Waals surface area contributed by atoms with Gasteiger partial charge in [-0.25, -0.2) is 4.99 Å². The minimum atomic E-state index is -0.481. The maximum atomic E-state index is 9.47. The van der Waals surface area contributed by atoms with Crippen molar-refractivity contribution in [3.8, 4) is 0 Å². The van der Waals surface area contributed by atoms with Crippen LogP contribution >= 0.6 is 0 Å². The molecule has 0 aromatic carbocycles. The average Bonchev–Trinajstić information content (AvgIpc) is 1.38. The first kappa shape index (κ1) is 4.34. The van der Waals surface area contributed by atoms with E-state index < -0.39 is 5.91 Å². The van der Waals surface area contributed by atoms with Crippen LogP contribution in [0.3, 0.4) is 0 Å². The molecule has 0 aromatic heterocycles. The van der Waals surface area contributed by atoms with Crippen LogP contribution in [0.25, 0.3) is 0 Å². The minimum absolute atomic E-state index is 0.481. The van der Waals surface area contributed by atoms with Gasteiger partial charge in [0, 0.05) is 6.92 Å². The predicted octanol–water partition coefficient (Wildman–Crippen LogP) is 0.0477. The summed E-state index contributed by atoms with van der Waals surface area (Å²) in [6.07, 6.45) is 0. The molecule has 0 aliphatic rings. The van der Waals surface area contributed by atoms with Gasteiger partial charge in [-0.3, -0.25) is 4.79 Å². The van der Waals surface area contributed by atoms with E-state index in [1.165, 1.54) is 0 Å². The van der Waals surface area contributed by atoms with Crippen LogP contribution in [0, 0.1) is 6.92 Å². The lowest BCUT2D eigenvalue weighted by atomic mass is 10.8. The highest BCUT2D eigenvalue weighted by Crippen LogP contribution is 1.58. The Hall–Kier alpha value is -0.660. The lowest BCUT2D eigenvalue weighted by molar-refractivity contribution is -0.113. The third-order valence-electron chi connectivity index (χ3n) is 0.176. The van der Waals surface area contributed by atoms with Gasteiger partial charge in [0.15, 0.2) is 0 Å². The van der Waals surface area contributed by atoms with Gasteiger partial charge in [-0.05, 0) is 6.72 Å². The zero-order chi connectivity index (χ0) is 4.28. The van der Waals surface area contributed by atoms with Crippen molar-refractivity contribution in [2.75, 3.05) is 0 Å². The van der Waals surface area contributed by atoms with Gasteiger partial charge in [0.05, 0.1) is 0 Å². The second-order valence-electron chi connectivity index (χ2n) is 0.552. The number of rotatable bonds is 0. The molecule has 0 atom stereocenters. The molecule has 0 fully saturated rings. The second kappa shape index (κ2) is 1.64. The maximum Gasteiger partial charge on any atom is 0.245 e. The summed E-state index contributed by atoms with van der Waals surface area (Å²) in [5, 5.41) is 0. The van der Waals surface area contributed by atoms with Gasteiger partial charge in [-0.2, -0.15) is 0 Å². The number of hydrogen-bond donors (Lipinski definition) is 0. The molecule has 0 rings (SSSR count). The monoisotopic (exact) mass is 70.0 g/mol. The topological polar surface area (TPSA) is 29.4 Å². The summed E-state index contributed by atoms with van der Waals surface area (Å²) in [6, 6.07) is 0. The molecule has 1 radical (unpaired) electrons. The van der Waals surface area contributed by atoms with Crippen LogP contribution in [0.1, 0.15) is 0 Å². The Morgan fingerprint density at radius 2 is 2.00 bits per heavy atom. The van der Waals surface area contributed by atoms with E-state index in [0.717, 1.165) is 0 Å². The molecule has 0 aliphatic heterocycles. The molecule has 1 amide bonds. The Balaban J connectivity index is 3.20. The van der Waals surface area contributed by atoms with Crippen molar-refractivity contribution >= 4 is 12.6 Å². The van der Waals surface area contributed by atoms with Gasteiger partial charge >= 0.3 is 0 Å². The van der Waals surface area contributed by atoms with Gasteiger partial charge < -0.3 is 0 Å². The van der Waals surface area contributed by atoms with Crippen molar-refractivity contribution in [1.82, 2.24) is 0 Å². The molecule has 2 nitrogen and oxygen atoms in total. The molecule has 0 spiro atoms. The van der Waals surface area contributed by atoms with Crippen molar-refractivity contribution in [3.63, 3.8) is 0 Å². The molecule has 0 bridgehead atoms. The number of hydrogen-bond acceptors (Lipinski definition) is 1. The quantitative estimate of drug-likeness (QED) is 0.370.